The summed E-state index contributed by atoms with van der Waals surface area (Å²) in [4.78, 5) is 0. The van der Waals surface area contributed by atoms with E-state index in [1.165, 1.54) is 25.7 Å². The molecule has 13 heavy (non-hydrogen) atoms. The fourth-order valence-electron chi connectivity index (χ4n) is 1.70. The van der Waals surface area contributed by atoms with Crippen LogP contribution >= 0.6 is 11.6 Å². The van der Waals surface area contributed by atoms with Crippen LogP contribution in [-0.2, 0) is 4.74 Å². The highest BCUT2D eigenvalue weighted by Crippen LogP contribution is 2.19. The Balaban J connectivity index is 2.11. The summed E-state index contributed by atoms with van der Waals surface area (Å²) in [7, 11) is 0. The molecule has 1 saturated carbocycles. The Kier molecular flexibility index (Phi) is 5.76. The molecule has 0 radical (unpaired) electrons. The molecular weight excluding hydrogens is 188 g/mol. The maximum Gasteiger partial charge on any atom is 0.0908 e. The van der Waals surface area contributed by atoms with E-state index in [9.17, 15) is 5.11 Å². The molecule has 0 aliphatic heterocycles. The van der Waals surface area contributed by atoms with E-state index in [0.717, 1.165) is 12.8 Å². The van der Waals surface area contributed by atoms with Crippen molar-refractivity contribution >= 4 is 11.6 Å². The number of rotatable bonds is 4. The van der Waals surface area contributed by atoms with Gasteiger partial charge in [0, 0.05) is 0 Å². The van der Waals surface area contributed by atoms with Crippen molar-refractivity contribution in [2.75, 3.05) is 12.5 Å². The van der Waals surface area contributed by atoms with E-state index in [1.54, 1.807) is 0 Å². The molecule has 0 aromatic carbocycles. The number of hydrogen-bond donors (Lipinski definition) is 1. The van der Waals surface area contributed by atoms with Gasteiger partial charge in [-0.05, 0) is 12.8 Å². The number of aliphatic hydroxyl groups is 1. The monoisotopic (exact) mass is 206 g/mol. The van der Waals surface area contributed by atoms with E-state index in [2.05, 4.69) is 0 Å². The molecule has 1 rings (SSSR count). The summed E-state index contributed by atoms with van der Waals surface area (Å²) in [6.07, 6.45) is 7.36. The largest absolute Gasteiger partial charge is 0.389 e. The van der Waals surface area contributed by atoms with Gasteiger partial charge in [-0.3, -0.25) is 0 Å². The van der Waals surface area contributed by atoms with Crippen LogP contribution in [0.2, 0.25) is 0 Å². The normalized spacial score (nSPS) is 22.6. The molecule has 1 aliphatic carbocycles. The van der Waals surface area contributed by atoms with E-state index in [1.807, 2.05) is 0 Å². The predicted molar refractivity (Wildman–Crippen MR) is 54.2 cm³/mol. The highest BCUT2D eigenvalue weighted by atomic mass is 35.5. The summed E-state index contributed by atoms with van der Waals surface area (Å²) in [6.45, 7) is 0.397. The van der Waals surface area contributed by atoms with Crippen LogP contribution in [-0.4, -0.2) is 29.8 Å². The lowest BCUT2D eigenvalue weighted by Crippen LogP contribution is -2.22. The number of hydrogen-bond acceptors (Lipinski definition) is 2. The minimum absolute atomic E-state index is 0.271. The van der Waals surface area contributed by atoms with Gasteiger partial charge in [0.15, 0.2) is 0 Å². The third-order valence-electron chi connectivity index (χ3n) is 2.50. The topological polar surface area (TPSA) is 29.5 Å². The fourth-order valence-corrected chi connectivity index (χ4v) is 1.79. The number of ether oxygens (including phenoxy) is 1. The molecule has 0 amide bonds. The van der Waals surface area contributed by atoms with Crippen molar-refractivity contribution in [1.29, 1.82) is 0 Å². The Labute approximate surface area is 85.2 Å². The van der Waals surface area contributed by atoms with Crippen molar-refractivity contribution in [2.24, 2.45) is 0 Å². The third-order valence-corrected chi connectivity index (χ3v) is 2.86. The lowest BCUT2D eigenvalue weighted by Gasteiger charge is -2.16. The zero-order valence-corrected chi connectivity index (χ0v) is 8.80. The van der Waals surface area contributed by atoms with Gasteiger partial charge in [0.05, 0.1) is 24.7 Å². The first-order chi connectivity index (χ1) is 6.33. The van der Waals surface area contributed by atoms with Crippen molar-refractivity contribution in [3.63, 3.8) is 0 Å². The molecule has 0 saturated heterocycles. The summed E-state index contributed by atoms with van der Waals surface area (Å²) in [5.74, 6) is 0.271. The fraction of sp³-hybridized carbons (Fsp3) is 1.00. The summed E-state index contributed by atoms with van der Waals surface area (Å²) >= 11 is 5.47. The minimum Gasteiger partial charge on any atom is -0.389 e. The van der Waals surface area contributed by atoms with Gasteiger partial charge in [-0.25, -0.2) is 0 Å². The third kappa shape index (κ3) is 4.84. The van der Waals surface area contributed by atoms with Crippen LogP contribution < -0.4 is 0 Å². The van der Waals surface area contributed by atoms with E-state index in [0.29, 0.717) is 12.7 Å². The van der Waals surface area contributed by atoms with Crippen molar-refractivity contribution < 1.29 is 9.84 Å². The van der Waals surface area contributed by atoms with E-state index in [-0.39, 0.29) is 5.88 Å². The SMILES string of the molecule is OC(CCl)COC1CCCCCC1. The van der Waals surface area contributed by atoms with Crippen LogP contribution in [0.1, 0.15) is 38.5 Å². The van der Waals surface area contributed by atoms with E-state index < -0.39 is 6.10 Å². The average Bonchev–Trinajstić information content (AvgIpc) is 2.42. The van der Waals surface area contributed by atoms with Gasteiger partial charge in [0.1, 0.15) is 0 Å². The van der Waals surface area contributed by atoms with Crippen LogP contribution in [0, 0.1) is 0 Å². The summed E-state index contributed by atoms with van der Waals surface area (Å²) < 4.78 is 5.58. The Hall–Kier alpha value is 0.210. The van der Waals surface area contributed by atoms with E-state index >= 15 is 0 Å². The predicted octanol–water partition coefficient (Wildman–Crippen LogP) is 2.33. The zero-order chi connectivity index (χ0) is 9.52. The molecule has 0 spiro atoms. The van der Waals surface area contributed by atoms with Crippen LogP contribution in [0.15, 0.2) is 0 Å². The first kappa shape index (κ1) is 11.3. The number of halogens is 1. The molecule has 1 fully saturated rings. The van der Waals surface area contributed by atoms with Crippen molar-refractivity contribution in [3.05, 3.63) is 0 Å². The quantitative estimate of drug-likeness (QED) is 0.565. The summed E-state index contributed by atoms with van der Waals surface area (Å²) in [5.41, 5.74) is 0. The van der Waals surface area contributed by atoms with Gasteiger partial charge in [0.2, 0.25) is 0 Å². The first-order valence-corrected chi connectivity index (χ1v) is 5.72. The Morgan fingerprint density at radius 3 is 2.38 bits per heavy atom. The summed E-state index contributed by atoms with van der Waals surface area (Å²) in [6, 6.07) is 0. The van der Waals surface area contributed by atoms with Crippen molar-refractivity contribution in [2.45, 2.75) is 50.7 Å². The molecule has 3 heteroatoms. The first-order valence-electron chi connectivity index (χ1n) is 5.18. The van der Waals surface area contributed by atoms with Gasteiger partial charge < -0.3 is 9.84 Å². The molecule has 1 atom stereocenters. The molecule has 1 unspecified atom stereocenters. The molecule has 2 nitrogen and oxygen atoms in total. The molecule has 78 valence electrons. The van der Waals surface area contributed by atoms with Crippen LogP contribution in [0.3, 0.4) is 0 Å². The van der Waals surface area contributed by atoms with Crippen LogP contribution in [0.25, 0.3) is 0 Å². The molecule has 0 aromatic heterocycles. The second-order valence-corrected chi connectivity index (χ2v) is 4.06. The van der Waals surface area contributed by atoms with Gasteiger partial charge in [-0.2, -0.15) is 0 Å². The number of aliphatic hydroxyl groups excluding tert-OH is 1. The van der Waals surface area contributed by atoms with Crippen molar-refractivity contribution in [1.82, 2.24) is 0 Å². The summed E-state index contributed by atoms with van der Waals surface area (Å²) in [5, 5.41) is 9.20. The van der Waals surface area contributed by atoms with Crippen LogP contribution in [0.5, 0.6) is 0 Å². The molecule has 1 aliphatic rings. The standard InChI is InChI=1S/C10H19ClO2/c11-7-9(12)8-13-10-5-3-1-2-4-6-10/h9-10,12H,1-8H2. The molecular formula is C10H19ClO2. The molecule has 0 aromatic rings. The minimum atomic E-state index is -0.495. The molecule has 0 bridgehead atoms. The maximum absolute atomic E-state index is 9.20. The lowest BCUT2D eigenvalue weighted by atomic mass is 10.1. The smallest absolute Gasteiger partial charge is 0.0908 e. The molecule has 1 N–H and O–H groups in total. The van der Waals surface area contributed by atoms with Gasteiger partial charge in [0.25, 0.3) is 0 Å². The average molecular weight is 207 g/mol. The van der Waals surface area contributed by atoms with E-state index in [4.69, 9.17) is 16.3 Å². The van der Waals surface area contributed by atoms with Gasteiger partial charge >= 0.3 is 0 Å². The van der Waals surface area contributed by atoms with Crippen LogP contribution in [0.4, 0.5) is 0 Å². The second-order valence-electron chi connectivity index (χ2n) is 3.76. The number of alkyl halides is 1. The van der Waals surface area contributed by atoms with Crippen molar-refractivity contribution in [3.8, 4) is 0 Å². The Morgan fingerprint density at radius 1 is 1.23 bits per heavy atom. The van der Waals surface area contributed by atoms with Gasteiger partial charge in [-0.1, -0.05) is 25.7 Å². The highest BCUT2D eigenvalue weighted by Gasteiger charge is 2.13. The Bertz CT molecular complexity index is 122. The zero-order valence-electron chi connectivity index (χ0n) is 8.04. The highest BCUT2D eigenvalue weighted by molar-refractivity contribution is 6.18. The van der Waals surface area contributed by atoms with Gasteiger partial charge in [-0.15, -0.1) is 11.6 Å². The maximum atomic E-state index is 9.20. The molecule has 0 heterocycles. The second kappa shape index (κ2) is 6.63. The Morgan fingerprint density at radius 2 is 1.85 bits per heavy atom. The lowest BCUT2D eigenvalue weighted by molar-refractivity contribution is -0.00759.